The van der Waals surface area contributed by atoms with Crippen molar-refractivity contribution in [2.75, 3.05) is 11.9 Å². The summed E-state index contributed by atoms with van der Waals surface area (Å²) in [5.74, 6) is 1.01. The van der Waals surface area contributed by atoms with Crippen LogP contribution in [0.25, 0.3) is 11.2 Å². The Bertz CT molecular complexity index is 1350. The zero-order chi connectivity index (χ0) is 24.1. The minimum absolute atomic E-state index is 0.00935. The summed E-state index contributed by atoms with van der Waals surface area (Å²) in [6.45, 7) is 2.83. The van der Waals surface area contributed by atoms with Crippen molar-refractivity contribution in [2.45, 2.75) is 57.6 Å². The van der Waals surface area contributed by atoms with E-state index in [0.29, 0.717) is 41.8 Å². The van der Waals surface area contributed by atoms with E-state index in [0.717, 1.165) is 43.6 Å². The van der Waals surface area contributed by atoms with Crippen LogP contribution < -0.4 is 11.0 Å². The van der Waals surface area contributed by atoms with Gasteiger partial charge in [-0.2, -0.15) is 4.98 Å². The van der Waals surface area contributed by atoms with Gasteiger partial charge in [-0.25, -0.2) is 9.78 Å². The monoisotopic (exact) mass is 477 g/mol. The number of ether oxygens (including phenoxy) is 1. The predicted octanol–water partition coefficient (Wildman–Crippen LogP) is 3.24. The number of nitrogens with one attached hydrogen (secondary N) is 1. The molecule has 3 heterocycles. The molecule has 4 atom stereocenters. The Balaban J connectivity index is 1.27. The Hall–Kier alpha value is -2.94. The lowest BCUT2D eigenvalue weighted by Gasteiger charge is -2.58. The number of nitrogens with zero attached hydrogens (tertiary/aromatic N) is 4. The highest BCUT2D eigenvalue weighted by Crippen LogP contribution is 2.63. The summed E-state index contributed by atoms with van der Waals surface area (Å²) in [5, 5.41) is 13.4. The third-order valence-corrected chi connectivity index (χ3v) is 9.46. The van der Waals surface area contributed by atoms with Crippen LogP contribution in [0.3, 0.4) is 0 Å². The quantitative estimate of drug-likeness (QED) is 0.695. The smallest absolute Gasteiger partial charge is 0.330 e. The standard InChI is InChI=1S/C26H31N5O4/c1-13-5-20-15(3-4-35-20)8-18(13)28-24-27-12-19-22(29-24)31(25(34)30(19)2)21-16-6-14-7-17(21)11-26(9-14,10-16)23(32)33/h5,8,12,14-17,20-21H,3-4,6-7,9-11H2,1-2H3,(H,32,33)(H,27,28,29). The van der Waals surface area contributed by atoms with Crippen molar-refractivity contribution in [3.8, 4) is 0 Å². The number of aromatic nitrogens is 4. The first-order valence-corrected chi connectivity index (χ1v) is 12.8. The number of allylic oxidation sites excluding steroid dienone is 1. The van der Waals surface area contributed by atoms with Gasteiger partial charge in [0.05, 0.1) is 17.7 Å². The fraction of sp³-hybridized carbons (Fsp3) is 0.615. The fourth-order valence-electron chi connectivity index (χ4n) is 8.07. The Kier molecular flexibility index (Phi) is 4.45. The number of carbonyl (C=O) groups is 1. The van der Waals surface area contributed by atoms with Gasteiger partial charge in [-0.05, 0) is 68.8 Å². The van der Waals surface area contributed by atoms with Crippen LogP contribution in [0.5, 0.6) is 0 Å². The molecule has 1 saturated heterocycles. The number of carboxylic acids is 1. The first-order chi connectivity index (χ1) is 16.8. The highest BCUT2D eigenvalue weighted by molar-refractivity contribution is 5.76. The van der Waals surface area contributed by atoms with Gasteiger partial charge in [-0.1, -0.05) is 12.2 Å². The number of carboxylic acid groups (broad SMARTS) is 1. The number of anilines is 1. The molecule has 5 aliphatic carbocycles. The van der Waals surface area contributed by atoms with Gasteiger partial charge in [-0.3, -0.25) is 13.9 Å². The second kappa shape index (κ2) is 7.29. The van der Waals surface area contributed by atoms with E-state index in [1.54, 1.807) is 17.8 Å². The molecular formula is C26H31N5O4. The Labute approximate surface area is 202 Å². The summed E-state index contributed by atoms with van der Waals surface area (Å²) in [6.07, 6.45) is 11.3. The molecule has 2 N–H and O–H groups in total. The molecule has 9 heteroatoms. The second-order valence-electron chi connectivity index (χ2n) is 11.5. The average Bonchev–Trinajstić information content (AvgIpc) is 3.36. The van der Waals surface area contributed by atoms with Crippen molar-refractivity contribution in [2.24, 2.45) is 36.1 Å². The van der Waals surface area contributed by atoms with Gasteiger partial charge in [0.1, 0.15) is 5.52 Å². The Morgan fingerprint density at radius 3 is 2.74 bits per heavy atom. The molecule has 0 amide bonds. The largest absolute Gasteiger partial charge is 0.481 e. The molecule has 4 bridgehead atoms. The van der Waals surface area contributed by atoms with Crippen LogP contribution in [0.2, 0.25) is 0 Å². The second-order valence-corrected chi connectivity index (χ2v) is 11.5. The van der Waals surface area contributed by atoms with Gasteiger partial charge in [-0.15, -0.1) is 0 Å². The molecule has 35 heavy (non-hydrogen) atoms. The molecular weight excluding hydrogens is 446 g/mol. The van der Waals surface area contributed by atoms with Crippen LogP contribution in [-0.4, -0.2) is 42.9 Å². The third-order valence-electron chi connectivity index (χ3n) is 9.46. The number of aliphatic carboxylic acids is 1. The van der Waals surface area contributed by atoms with Crippen LogP contribution in [0.1, 0.15) is 51.5 Å². The number of hydrogen-bond acceptors (Lipinski definition) is 6. The van der Waals surface area contributed by atoms with E-state index in [9.17, 15) is 14.7 Å². The van der Waals surface area contributed by atoms with Crippen LogP contribution in [-0.2, 0) is 16.6 Å². The SMILES string of the molecule is CC1=CC2OCCC2C=C1Nc1ncc2c(n1)n(C1C3CC4CC1CC(C(=O)O)(C4)C3)c(=O)n2C. The van der Waals surface area contributed by atoms with E-state index in [4.69, 9.17) is 9.72 Å². The number of fused-ring (bicyclic) bond motifs is 2. The summed E-state index contributed by atoms with van der Waals surface area (Å²) < 4.78 is 9.29. The van der Waals surface area contributed by atoms with E-state index in [1.807, 2.05) is 4.57 Å². The third kappa shape index (κ3) is 3.03. The molecule has 0 spiro atoms. The zero-order valence-corrected chi connectivity index (χ0v) is 20.1. The summed E-state index contributed by atoms with van der Waals surface area (Å²) in [4.78, 5) is 35.1. The number of aryl methyl sites for hydroxylation is 1. The molecule has 4 unspecified atom stereocenters. The molecule has 1 aliphatic heterocycles. The van der Waals surface area contributed by atoms with Crippen molar-refractivity contribution in [3.63, 3.8) is 0 Å². The number of hydrogen-bond donors (Lipinski definition) is 2. The van der Waals surface area contributed by atoms with E-state index >= 15 is 0 Å². The molecule has 0 radical (unpaired) electrons. The van der Waals surface area contributed by atoms with Gasteiger partial charge in [0.15, 0.2) is 5.65 Å². The minimum Gasteiger partial charge on any atom is -0.481 e. The number of imidazole rings is 1. The maximum atomic E-state index is 13.5. The maximum Gasteiger partial charge on any atom is 0.330 e. The van der Waals surface area contributed by atoms with Crippen molar-refractivity contribution >= 4 is 23.1 Å². The first kappa shape index (κ1) is 21.4. The van der Waals surface area contributed by atoms with Gasteiger partial charge < -0.3 is 15.2 Å². The number of rotatable bonds is 4. The molecule has 5 fully saturated rings. The van der Waals surface area contributed by atoms with Gasteiger partial charge >= 0.3 is 11.7 Å². The topological polar surface area (TPSA) is 111 Å². The Morgan fingerprint density at radius 1 is 1.23 bits per heavy atom. The Morgan fingerprint density at radius 2 is 2.00 bits per heavy atom. The molecule has 8 rings (SSSR count). The van der Waals surface area contributed by atoms with Gasteiger partial charge in [0.2, 0.25) is 5.95 Å². The van der Waals surface area contributed by atoms with E-state index in [-0.39, 0.29) is 29.7 Å². The molecule has 184 valence electrons. The van der Waals surface area contributed by atoms with Crippen LogP contribution in [0.4, 0.5) is 5.95 Å². The molecule has 2 aromatic rings. The molecule has 9 nitrogen and oxygen atoms in total. The highest BCUT2D eigenvalue weighted by atomic mass is 16.5. The van der Waals surface area contributed by atoms with Crippen molar-refractivity contribution in [3.05, 3.63) is 40.1 Å². The molecule has 6 aliphatic rings. The van der Waals surface area contributed by atoms with Crippen molar-refractivity contribution in [1.82, 2.24) is 19.1 Å². The highest BCUT2D eigenvalue weighted by Gasteiger charge is 2.59. The summed E-state index contributed by atoms with van der Waals surface area (Å²) in [5.41, 5.74) is 2.73. The van der Waals surface area contributed by atoms with Crippen molar-refractivity contribution < 1.29 is 14.6 Å². The van der Waals surface area contributed by atoms with Gasteiger partial charge in [0.25, 0.3) is 0 Å². The normalized spacial score (nSPS) is 37.3. The maximum absolute atomic E-state index is 13.5. The lowest BCUT2D eigenvalue weighted by atomic mass is 9.48. The molecule has 0 aromatic carbocycles. The van der Waals surface area contributed by atoms with E-state index in [2.05, 4.69) is 29.4 Å². The summed E-state index contributed by atoms with van der Waals surface area (Å²) in [7, 11) is 1.77. The first-order valence-electron chi connectivity index (χ1n) is 12.8. The van der Waals surface area contributed by atoms with Crippen LogP contribution in [0.15, 0.2) is 34.4 Å². The van der Waals surface area contributed by atoms with Gasteiger partial charge in [0, 0.05) is 31.3 Å². The van der Waals surface area contributed by atoms with Crippen LogP contribution in [0, 0.1) is 29.1 Å². The lowest BCUT2D eigenvalue weighted by molar-refractivity contribution is -0.169. The average molecular weight is 478 g/mol. The predicted molar refractivity (Wildman–Crippen MR) is 129 cm³/mol. The van der Waals surface area contributed by atoms with Crippen LogP contribution >= 0.6 is 0 Å². The molecule has 4 saturated carbocycles. The fourth-order valence-corrected chi connectivity index (χ4v) is 8.07. The minimum atomic E-state index is -0.659. The lowest BCUT2D eigenvalue weighted by Crippen LogP contribution is -2.55. The molecule has 2 aromatic heterocycles. The zero-order valence-electron chi connectivity index (χ0n) is 20.1. The summed E-state index contributed by atoms with van der Waals surface area (Å²) in [6, 6.07) is -0.00935. The van der Waals surface area contributed by atoms with Crippen molar-refractivity contribution in [1.29, 1.82) is 0 Å². The van der Waals surface area contributed by atoms with E-state index in [1.165, 1.54) is 0 Å². The van der Waals surface area contributed by atoms with E-state index < -0.39 is 11.4 Å². The summed E-state index contributed by atoms with van der Waals surface area (Å²) >= 11 is 0.